The lowest BCUT2D eigenvalue weighted by Crippen LogP contribution is -2.25. The van der Waals surface area contributed by atoms with Gasteiger partial charge < -0.3 is 0 Å². The molecule has 0 aliphatic heterocycles. The van der Waals surface area contributed by atoms with Crippen molar-refractivity contribution in [1.82, 2.24) is 0 Å². The van der Waals surface area contributed by atoms with E-state index in [4.69, 9.17) is 0 Å². The molecule has 0 atom stereocenters. The number of fused-ring (bicyclic) bond motifs is 5. The maximum Gasteiger partial charge on any atom is 0.0159 e. The van der Waals surface area contributed by atoms with Gasteiger partial charge in [0.25, 0.3) is 0 Å². The molecule has 0 fully saturated rings. The third kappa shape index (κ3) is 2.70. The van der Waals surface area contributed by atoms with Crippen LogP contribution in [0.15, 0.2) is 60.7 Å². The van der Waals surface area contributed by atoms with Gasteiger partial charge in [-0.3, -0.25) is 0 Å². The number of rotatable bonds is 0. The molecule has 0 saturated heterocycles. The monoisotopic (exact) mass is 430 g/mol. The van der Waals surface area contributed by atoms with E-state index in [0.717, 1.165) is 0 Å². The predicted molar refractivity (Wildman–Crippen MR) is 143 cm³/mol. The van der Waals surface area contributed by atoms with Crippen LogP contribution in [0.5, 0.6) is 0 Å². The summed E-state index contributed by atoms with van der Waals surface area (Å²) in [6.07, 6.45) is 0. The first-order valence-electron chi connectivity index (χ1n) is 12.3. The summed E-state index contributed by atoms with van der Waals surface area (Å²) in [5, 5.41) is 2.91. The molecule has 6 rings (SSSR count). The molecule has 0 bridgehead atoms. The molecule has 2 aliphatic carbocycles. The number of hydrogen-bond acceptors (Lipinski definition) is 0. The van der Waals surface area contributed by atoms with E-state index < -0.39 is 0 Å². The Morgan fingerprint density at radius 2 is 0.939 bits per heavy atom. The fourth-order valence-corrected chi connectivity index (χ4v) is 6.07. The first-order chi connectivity index (χ1) is 15.4. The highest BCUT2D eigenvalue weighted by atomic mass is 14.4. The van der Waals surface area contributed by atoms with Gasteiger partial charge in [-0.05, 0) is 83.3 Å². The Hall–Kier alpha value is -2.86. The Kier molecular flexibility index (Phi) is 3.88. The lowest BCUT2D eigenvalue weighted by atomic mass is 9.67. The lowest BCUT2D eigenvalue weighted by molar-refractivity contribution is 0.582. The van der Waals surface area contributed by atoms with E-state index in [9.17, 15) is 0 Å². The molecule has 0 unspecified atom stereocenters. The fraction of sp³-hybridized carbons (Fsp3) is 0.333. The zero-order valence-electron chi connectivity index (χ0n) is 21.3. The van der Waals surface area contributed by atoms with Crippen molar-refractivity contribution in [2.45, 2.75) is 71.6 Å². The highest BCUT2D eigenvalue weighted by molar-refractivity contribution is 6.20. The summed E-state index contributed by atoms with van der Waals surface area (Å²) in [4.78, 5) is 0. The van der Waals surface area contributed by atoms with Crippen LogP contribution in [0.25, 0.3) is 44.2 Å². The molecule has 4 aromatic rings. The third-order valence-electron chi connectivity index (χ3n) is 8.15. The van der Waals surface area contributed by atoms with E-state index in [1.807, 2.05) is 0 Å². The van der Waals surface area contributed by atoms with Gasteiger partial charge in [0, 0.05) is 5.41 Å². The maximum atomic E-state index is 2.47. The Balaban J connectivity index is 1.68. The van der Waals surface area contributed by atoms with E-state index in [2.05, 4.69) is 116 Å². The van der Waals surface area contributed by atoms with Crippen LogP contribution >= 0.6 is 0 Å². The zero-order chi connectivity index (χ0) is 23.5. The second-order valence-electron chi connectivity index (χ2n) is 12.7. The Morgan fingerprint density at radius 3 is 1.58 bits per heavy atom. The minimum atomic E-state index is -0.0356. The van der Waals surface area contributed by atoms with Crippen molar-refractivity contribution in [3.05, 3.63) is 82.9 Å². The normalized spacial score (nSPS) is 15.5. The fourth-order valence-electron chi connectivity index (χ4n) is 6.07. The molecular weight excluding hydrogens is 396 g/mol. The Labute approximate surface area is 198 Å². The summed E-state index contributed by atoms with van der Waals surface area (Å²) in [7, 11) is 0. The van der Waals surface area contributed by atoms with Crippen LogP contribution in [0.1, 0.15) is 77.6 Å². The van der Waals surface area contributed by atoms with Crippen molar-refractivity contribution >= 4 is 10.8 Å². The quantitative estimate of drug-likeness (QED) is 0.229. The Morgan fingerprint density at radius 1 is 0.455 bits per heavy atom. The molecule has 0 amide bonds. The summed E-state index contributed by atoms with van der Waals surface area (Å²) < 4.78 is 0. The first-order valence-corrected chi connectivity index (χ1v) is 12.3. The molecule has 0 N–H and O–H groups in total. The van der Waals surface area contributed by atoms with Crippen molar-refractivity contribution in [1.29, 1.82) is 0 Å². The average Bonchev–Trinajstić information content (AvgIpc) is 3.07. The third-order valence-corrected chi connectivity index (χ3v) is 8.15. The van der Waals surface area contributed by atoms with Gasteiger partial charge >= 0.3 is 0 Å². The summed E-state index contributed by atoms with van der Waals surface area (Å²) in [6.45, 7) is 18.7. The van der Waals surface area contributed by atoms with E-state index in [1.54, 1.807) is 0 Å². The lowest BCUT2D eigenvalue weighted by Gasteiger charge is -2.36. The van der Waals surface area contributed by atoms with E-state index in [1.165, 1.54) is 66.4 Å². The molecule has 0 radical (unpaired) electrons. The van der Waals surface area contributed by atoms with Crippen LogP contribution < -0.4 is 0 Å². The van der Waals surface area contributed by atoms with Crippen LogP contribution in [0.4, 0.5) is 0 Å². The van der Waals surface area contributed by atoms with Crippen molar-refractivity contribution in [2.24, 2.45) is 0 Å². The molecule has 0 heteroatoms. The standard InChI is InChI=1S/C33H34/c1-31(2,3)19-9-11-21-23-13-14-24-22-12-10-20(32(4,5)6)18-28(22)33(7,8)27-16-15-25(26(21)17-19)29(23)30(24)27/h9-18H,1-8H3. The summed E-state index contributed by atoms with van der Waals surface area (Å²) >= 11 is 0. The summed E-state index contributed by atoms with van der Waals surface area (Å²) in [5.74, 6) is 0. The molecule has 33 heavy (non-hydrogen) atoms. The highest BCUT2D eigenvalue weighted by Gasteiger charge is 2.37. The number of benzene rings is 4. The van der Waals surface area contributed by atoms with Gasteiger partial charge in [-0.25, -0.2) is 0 Å². The molecule has 0 spiro atoms. The summed E-state index contributed by atoms with van der Waals surface area (Å²) in [6, 6.07) is 23.8. The molecular formula is C33H34. The van der Waals surface area contributed by atoms with Crippen molar-refractivity contribution in [2.75, 3.05) is 0 Å². The highest BCUT2D eigenvalue weighted by Crippen LogP contribution is 2.56. The molecule has 2 aliphatic rings. The average molecular weight is 431 g/mol. The van der Waals surface area contributed by atoms with Crippen LogP contribution in [-0.4, -0.2) is 0 Å². The van der Waals surface area contributed by atoms with Crippen LogP contribution in [0.3, 0.4) is 0 Å². The minimum Gasteiger partial charge on any atom is -0.0579 e. The van der Waals surface area contributed by atoms with Gasteiger partial charge in [-0.1, -0.05) is 110 Å². The maximum absolute atomic E-state index is 2.47. The smallest absolute Gasteiger partial charge is 0.0159 e. The SMILES string of the molecule is CC(C)(C)c1ccc2c(c1)-c1ccc3c4c(ccc-2c14)-c1ccc(C(C)(C)C)cc1C3(C)C. The Bertz CT molecular complexity index is 1480. The largest absolute Gasteiger partial charge is 0.0579 e. The van der Waals surface area contributed by atoms with Gasteiger partial charge in [-0.15, -0.1) is 0 Å². The van der Waals surface area contributed by atoms with Gasteiger partial charge in [0.1, 0.15) is 0 Å². The van der Waals surface area contributed by atoms with Crippen LogP contribution in [0.2, 0.25) is 0 Å². The van der Waals surface area contributed by atoms with Crippen LogP contribution in [0, 0.1) is 0 Å². The van der Waals surface area contributed by atoms with Crippen molar-refractivity contribution in [3.8, 4) is 33.4 Å². The molecule has 0 aromatic heterocycles. The topological polar surface area (TPSA) is 0 Å². The molecule has 0 saturated carbocycles. The predicted octanol–water partition coefficient (Wildman–Crippen LogP) is 9.39. The van der Waals surface area contributed by atoms with Gasteiger partial charge in [0.2, 0.25) is 0 Å². The van der Waals surface area contributed by atoms with E-state index in [-0.39, 0.29) is 16.2 Å². The van der Waals surface area contributed by atoms with Crippen molar-refractivity contribution < 1.29 is 0 Å². The molecule has 166 valence electrons. The van der Waals surface area contributed by atoms with Gasteiger partial charge in [0.15, 0.2) is 0 Å². The molecule has 0 heterocycles. The zero-order valence-corrected chi connectivity index (χ0v) is 21.3. The van der Waals surface area contributed by atoms with Crippen LogP contribution in [-0.2, 0) is 16.2 Å². The number of hydrogen-bond donors (Lipinski definition) is 0. The van der Waals surface area contributed by atoms with Gasteiger partial charge in [0.05, 0.1) is 0 Å². The second kappa shape index (κ2) is 6.17. The first kappa shape index (κ1) is 20.7. The molecule has 4 aromatic carbocycles. The second-order valence-corrected chi connectivity index (χ2v) is 12.7. The van der Waals surface area contributed by atoms with E-state index in [0.29, 0.717) is 0 Å². The van der Waals surface area contributed by atoms with Gasteiger partial charge in [-0.2, -0.15) is 0 Å². The summed E-state index contributed by atoms with van der Waals surface area (Å²) in [5.41, 5.74) is 14.3. The van der Waals surface area contributed by atoms with E-state index >= 15 is 0 Å². The van der Waals surface area contributed by atoms with Crippen molar-refractivity contribution in [3.63, 3.8) is 0 Å². The minimum absolute atomic E-state index is 0.0356. The molecule has 0 nitrogen and oxygen atoms in total.